The number of hydrogen-bond acceptors (Lipinski definition) is 4. The molecule has 90 valence electrons. The van der Waals surface area contributed by atoms with Crippen LogP contribution in [0.3, 0.4) is 0 Å². The van der Waals surface area contributed by atoms with Gasteiger partial charge in [-0.1, -0.05) is 28.0 Å². The van der Waals surface area contributed by atoms with E-state index in [0.717, 1.165) is 4.47 Å². The van der Waals surface area contributed by atoms with Crippen molar-refractivity contribution < 1.29 is 8.91 Å². The van der Waals surface area contributed by atoms with Gasteiger partial charge in [-0.05, 0) is 18.2 Å². The smallest absolute Gasteiger partial charge is 0.260 e. The maximum atomic E-state index is 13.6. The summed E-state index contributed by atoms with van der Waals surface area (Å²) in [5.74, 6) is 0.243. The molecule has 1 unspecified atom stereocenters. The molecule has 17 heavy (non-hydrogen) atoms. The van der Waals surface area contributed by atoms with Gasteiger partial charge in [0.2, 0.25) is 0 Å². The van der Waals surface area contributed by atoms with Crippen molar-refractivity contribution in [3.63, 3.8) is 0 Å². The zero-order valence-electron chi connectivity index (χ0n) is 9.15. The number of nitrogens with two attached hydrogens (primary N) is 1. The molecular weight excluding hydrogens is 289 g/mol. The van der Waals surface area contributed by atoms with Gasteiger partial charge in [-0.2, -0.15) is 4.98 Å². The first-order valence-corrected chi connectivity index (χ1v) is 5.90. The van der Waals surface area contributed by atoms with Crippen molar-refractivity contribution in [3.05, 3.63) is 34.3 Å². The molecule has 0 bridgehead atoms. The van der Waals surface area contributed by atoms with Crippen molar-refractivity contribution >= 4 is 15.9 Å². The standard InChI is InChI=1S/C11H11BrFN3O/c1-6(5-14)10-15-11(17-16-10)8-4-7(12)2-3-9(8)13/h2-4,6H,5,14H2,1H3. The fourth-order valence-corrected chi connectivity index (χ4v) is 1.67. The monoisotopic (exact) mass is 299 g/mol. The Bertz CT molecular complexity index is 529. The van der Waals surface area contributed by atoms with Crippen LogP contribution in [-0.2, 0) is 0 Å². The van der Waals surface area contributed by atoms with Crippen molar-refractivity contribution in [2.24, 2.45) is 5.73 Å². The van der Waals surface area contributed by atoms with Crippen LogP contribution in [0.4, 0.5) is 4.39 Å². The molecule has 2 N–H and O–H groups in total. The summed E-state index contributed by atoms with van der Waals surface area (Å²) in [4.78, 5) is 4.13. The van der Waals surface area contributed by atoms with Gasteiger partial charge >= 0.3 is 0 Å². The van der Waals surface area contributed by atoms with Crippen LogP contribution in [0, 0.1) is 5.82 Å². The first-order chi connectivity index (χ1) is 8.11. The highest BCUT2D eigenvalue weighted by Crippen LogP contribution is 2.25. The second-order valence-corrected chi connectivity index (χ2v) is 4.63. The SMILES string of the molecule is CC(CN)c1noc(-c2cc(Br)ccc2F)n1. The van der Waals surface area contributed by atoms with Gasteiger partial charge in [0.05, 0.1) is 5.56 Å². The first kappa shape index (κ1) is 12.2. The van der Waals surface area contributed by atoms with Crippen molar-refractivity contribution in [1.29, 1.82) is 0 Å². The quantitative estimate of drug-likeness (QED) is 0.946. The van der Waals surface area contributed by atoms with Gasteiger partial charge in [0, 0.05) is 16.9 Å². The van der Waals surface area contributed by atoms with Crippen molar-refractivity contribution in [1.82, 2.24) is 10.1 Å². The topological polar surface area (TPSA) is 64.9 Å². The normalized spacial score (nSPS) is 12.7. The van der Waals surface area contributed by atoms with E-state index in [-0.39, 0.29) is 17.4 Å². The zero-order valence-corrected chi connectivity index (χ0v) is 10.7. The Morgan fingerprint density at radius 1 is 1.53 bits per heavy atom. The first-order valence-electron chi connectivity index (χ1n) is 5.11. The molecule has 4 nitrogen and oxygen atoms in total. The average molecular weight is 300 g/mol. The van der Waals surface area contributed by atoms with Crippen molar-refractivity contribution in [2.75, 3.05) is 6.54 Å². The molecule has 2 rings (SSSR count). The summed E-state index contributed by atoms with van der Waals surface area (Å²) in [6, 6.07) is 4.55. The number of nitrogens with zero attached hydrogens (tertiary/aromatic N) is 2. The largest absolute Gasteiger partial charge is 0.334 e. The molecule has 1 heterocycles. The molecule has 0 aliphatic heterocycles. The molecule has 0 aliphatic carbocycles. The lowest BCUT2D eigenvalue weighted by atomic mass is 10.2. The van der Waals surface area contributed by atoms with E-state index in [1.807, 2.05) is 6.92 Å². The average Bonchev–Trinajstić information content (AvgIpc) is 2.80. The summed E-state index contributed by atoms with van der Waals surface area (Å²) in [6.45, 7) is 2.30. The summed E-state index contributed by atoms with van der Waals surface area (Å²) in [5, 5.41) is 3.79. The summed E-state index contributed by atoms with van der Waals surface area (Å²) in [5.41, 5.74) is 5.78. The number of aromatic nitrogens is 2. The highest BCUT2D eigenvalue weighted by molar-refractivity contribution is 9.10. The molecular formula is C11H11BrFN3O. The van der Waals surface area contributed by atoms with E-state index in [4.69, 9.17) is 10.3 Å². The number of hydrogen-bond donors (Lipinski definition) is 1. The van der Waals surface area contributed by atoms with E-state index in [1.165, 1.54) is 6.07 Å². The predicted molar refractivity (Wildman–Crippen MR) is 64.9 cm³/mol. The molecule has 1 aromatic carbocycles. The van der Waals surface area contributed by atoms with Crippen LogP contribution in [0.1, 0.15) is 18.7 Å². The lowest BCUT2D eigenvalue weighted by Crippen LogP contribution is -2.10. The van der Waals surface area contributed by atoms with E-state index in [1.54, 1.807) is 12.1 Å². The van der Waals surface area contributed by atoms with Gasteiger partial charge in [-0.25, -0.2) is 4.39 Å². The fourth-order valence-electron chi connectivity index (χ4n) is 1.31. The van der Waals surface area contributed by atoms with E-state index >= 15 is 0 Å². The third-order valence-electron chi connectivity index (χ3n) is 2.39. The lowest BCUT2D eigenvalue weighted by Gasteiger charge is -1.99. The Morgan fingerprint density at radius 3 is 3.00 bits per heavy atom. The van der Waals surface area contributed by atoms with Gasteiger partial charge < -0.3 is 10.3 Å². The molecule has 0 aliphatic rings. The molecule has 0 saturated carbocycles. The van der Waals surface area contributed by atoms with Crippen LogP contribution in [0.2, 0.25) is 0 Å². The van der Waals surface area contributed by atoms with Gasteiger partial charge in [0.1, 0.15) is 5.82 Å². The van der Waals surface area contributed by atoms with Crippen LogP contribution >= 0.6 is 15.9 Å². The van der Waals surface area contributed by atoms with Crippen molar-refractivity contribution in [2.45, 2.75) is 12.8 Å². The maximum absolute atomic E-state index is 13.6. The van der Waals surface area contributed by atoms with E-state index in [2.05, 4.69) is 26.1 Å². The van der Waals surface area contributed by atoms with Crippen LogP contribution in [0.15, 0.2) is 27.2 Å². The Labute approximate surface area is 106 Å². The highest BCUT2D eigenvalue weighted by atomic mass is 79.9. The molecule has 6 heteroatoms. The maximum Gasteiger partial charge on any atom is 0.260 e. The summed E-state index contributed by atoms with van der Waals surface area (Å²) in [7, 11) is 0. The Hall–Kier alpha value is -1.27. The lowest BCUT2D eigenvalue weighted by molar-refractivity contribution is 0.416. The minimum Gasteiger partial charge on any atom is -0.334 e. The molecule has 0 fully saturated rings. The second kappa shape index (κ2) is 4.93. The summed E-state index contributed by atoms with van der Waals surface area (Å²) >= 11 is 3.27. The third kappa shape index (κ3) is 2.53. The molecule has 0 saturated heterocycles. The van der Waals surface area contributed by atoms with Crippen LogP contribution in [-0.4, -0.2) is 16.7 Å². The highest BCUT2D eigenvalue weighted by Gasteiger charge is 2.16. The Morgan fingerprint density at radius 2 is 2.29 bits per heavy atom. The molecule has 2 aromatic rings. The Balaban J connectivity index is 2.40. The van der Waals surface area contributed by atoms with Crippen LogP contribution < -0.4 is 5.73 Å². The zero-order chi connectivity index (χ0) is 12.4. The third-order valence-corrected chi connectivity index (χ3v) is 2.89. The molecule has 1 aromatic heterocycles. The van der Waals surface area contributed by atoms with Gasteiger partial charge in [-0.15, -0.1) is 0 Å². The second-order valence-electron chi connectivity index (χ2n) is 3.72. The predicted octanol–water partition coefficient (Wildman–Crippen LogP) is 2.70. The molecule has 0 radical (unpaired) electrons. The van der Waals surface area contributed by atoms with Crippen LogP contribution in [0.25, 0.3) is 11.5 Å². The molecule has 0 spiro atoms. The minimum absolute atomic E-state index is 0.0114. The summed E-state index contributed by atoms with van der Waals surface area (Å²) < 4.78 is 19.4. The number of halogens is 2. The molecule has 0 amide bonds. The van der Waals surface area contributed by atoms with E-state index < -0.39 is 5.82 Å². The van der Waals surface area contributed by atoms with Crippen molar-refractivity contribution in [3.8, 4) is 11.5 Å². The van der Waals surface area contributed by atoms with Gasteiger partial charge in [0.25, 0.3) is 5.89 Å². The molecule has 1 atom stereocenters. The van der Waals surface area contributed by atoms with Crippen LogP contribution in [0.5, 0.6) is 0 Å². The van der Waals surface area contributed by atoms with E-state index in [9.17, 15) is 4.39 Å². The number of benzene rings is 1. The fraction of sp³-hybridized carbons (Fsp3) is 0.273. The summed E-state index contributed by atoms with van der Waals surface area (Å²) in [6.07, 6.45) is 0. The minimum atomic E-state index is -0.399. The van der Waals surface area contributed by atoms with Gasteiger partial charge in [0.15, 0.2) is 5.82 Å². The Kier molecular flexibility index (Phi) is 3.54. The number of rotatable bonds is 3. The van der Waals surface area contributed by atoms with E-state index in [0.29, 0.717) is 12.4 Å². The van der Waals surface area contributed by atoms with Gasteiger partial charge in [-0.3, -0.25) is 0 Å².